The van der Waals surface area contributed by atoms with E-state index in [9.17, 15) is 14.7 Å². The number of carboxylic acids is 1. The van der Waals surface area contributed by atoms with Gasteiger partial charge in [0.2, 0.25) is 0 Å². The van der Waals surface area contributed by atoms with Crippen molar-refractivity contribution >= 4 is 23.4 Å². The van der Waals surface area contributed by atoms with Gasteiger partial charge in [0.25, 0.3) is 0 Å². The van der Waals surface area contributed by atoms with E-state index in [1.165, 1.54) is 0 Å². The zero-order valence-electron chi connectivity index (χ0n) is 12.5. The summed E-state index contributed by atoms with van der Waals surface area (Å²) in [5, 5.41) is 11.8. The summed E-state index contributed by atoms with van der Waals surface area (Å²) in [6, 6.07) is 6.36. The van der Waals surface area contributed by atoms with Crippen molar-refractivity contribution in [1.82, 2.24) is 5.32 Å². The van der Waals surface area contributed by atoms with Crippen LogP contribution in [-0.2, 0) is 4.79 Å². The Balaban J connectivity index is 2.21. The van der Waals surface area contributed by atoms with Gasteiger partial charge >= 0.3 is 12.0 Å². The van der Waals surface area contributed by atoms with Crippen LogP contribution in [0.4, 0.5) is 16.2 Å². The lowest BCUT2D eigenvalue weighted by molar-refractivity contribution is -0.140. The molecule has 0 unspecified atom stereocenters. The molecule has 2 amide bonds. The molecule has 21 heavy (non-hydrogen) atoms. The number of nitrogens with zero attached hydrogens (tertiary/aromatic N) is 2. The molecular weight excluding hydrogens is 270 g/mol. The number of aliphatic carboxylic acids is 1. The molecule has 1 aliphatic rings. The Morgan fingerprint density at radius 1 is 1.19 bits per heavy atom. The first kappa shape index (κ1) is 15.2. The molecule has 2 rings (SSSR count). The normalized spacial score (nSPS) is 15.6. The van der Waals surface area contributed by atoms with Gasteiger partial charge in [0.1, 0.15) is 6.04 Å². The number of likely N-dealkylation sites (N-methyl/N-ethyl adjacent to an activating group) is 1. The van der Waals surface area contributed by atoms with E-state index in [4.69, 9.17) is 0 Å². The van der Waals surface area contributed by atoms with Crippen molar-refractivity contribution in [1.29, 1.82) is 0 Å². The molecule has 114 valence electrons. The molecule has 0 saturated carbocycles. The van der Waals surface area contributed by atoms with Gasteiger partial charge in [-0.1, -0.05) is 26.0 Å². The van der Waals surface area contributed by atoms with E-state index in [1.54, 1.807) is 18.7 Å². The second kappa shape index (κ2) is 6.03. The summed E-state index contributed by atoms with van der Waals surface area (Å²) in [5.41, 5.74) is 1.77. The Hall–Kier alpha value is -2.24. The van der Waals surface area contributed by atoms with Crippen LogP contribution in [0, 0.1) is 5.92 Å². The van der Waals surface area contributed by atoms with E-state index in [0.29, 0.717) is 13.1 Å². The van der Waals surface area contributed by atoms with Crippen molar-refractivity contribution in [3.05, 3.63) is 24.3 Å². The maximum Gasteiger partial charge on any atom is 0.326 e. The molecule has 0 spiro atoms. The van der Waals surface area contributed by atoms with Crippen LogP contribution in [0.25, 0.3) is 0 Å². The molecule has 1 aliphatic heterocycles. The molecule has 6 heteroatoms. The summed E-state index contributed by atoms with van der Waals surface area (Å²) in [7, 11) is 1.97. The SMILES string of the molecule is CC(C)[C@H](NC(=O)N1CCN(C)c2ccccc21)C(=O)O. The van der Waals surface area contributed by atoms with Gasteiger partial charge in [-0.2, -0.15) is 0 Å². The number of carbonyl (C=O) groups excluding carboxylic acids is 1. The van der Waals surface area contributed by atoms with Gasteiger partial charge in [-0.25, -0.2) is 9.59 Å². The second-order valence-corrected chi connectivity index (χ2v) is 5.57. The zero-order valence-corrected chi connectivity index (χ0v) is 12.5. The average molecular weight is 291 g/mol. The number of carboxylic acid groups (broad SMARTS) is 1. The minimum Gasteiger partial charge on any atom is -0.480 e. The third-order valence-electron chi connectivity index (χ3n) is 3.70. The number of benzene rings is 1. The first-order valence-electron chi connectivity index (χ1n) is 7.03. The fourth-order valence-corrected chi connectivity index (χ4v) is 2.44. The second-order valence-electron chi connectivity index (χ2n) is 5.57. The number of amides is 2. The lowest BCUT2D eigenvalue weighted by Gasteiger charge is -2.36. The number of para-hydroxylation sites is 2. The van der Waals surface area contributed by atoms with Crippen LogP contribution in [0.15, 0.2) is 24.3 Å². The molecule has 0 radical (unpaired) electrons. The number of nitrogens with one attached hydrogen (secondary N) is 1. The van der Waals surface area contributed by atoms with Crippen LogP contribution in [0.3, 0.4) is 0 Å². The van der Waals surface area contributed by atoms with E-state index in [1.807, 2.05) is 31.3 Å². The minimum atomic E-state index is -1.01. The van der Waals surface area contributed by atoms with Crippen molar-refractivity contribution in [2.24, 2.45) is 5.92 Å². The van der Waals surface area contributed by atoms with E-state index >= 15 is 0 Å². The number of carbonyl (C=O) groups is 2. The highest BCUT2D eigenvalue weighted by Crippen LogP contribution is 2.31. The Bertz CT molecular complexity index is 545. The van der Waals surface area contributed by atoms with E-state index in [2.05, 4.69) is 10.2 Å². The molecule has 1 aromatic rings. The predicted octanol–water partition coefficient (Wildman–Crippen LogP) is 1.76. The molecule has 0 aliphatic carbocycles. The van der Waals surface area contributed by atoms with Crippen molar-refractivity contribution in [3.63, 3.8) is 0 Å². The van der Waals surface area contributed by atoms with Gasteiger partial charge in [-0.05, 0) is 18.1 Å². The molecule has 1 aromatic carbocycles. The van der Waals surface area contributed by atoms with Crippen molar-refractivity contribution in [3.8, 4) is 0 Å². The van der Waals surface area contributed by atoms with Gasteiger partial charge in [-0.3, -0.25) is 4.90 Å². The van der Waals surface area contributed by atoms with Crippen LogP contribution in [-0.4, -0.2) is 43.3 Å². The highest BCUT2D eigenvalue weighted by molar-refractivity contribution is 5.98. The van der Waals surface area contributed by atoms with Crippen LogP contribution in [0.2, 0.25) is 0 Å². The molecule has 1 atom stereocenters. The highest BCUT2D eigenvalue weighted by Gasteiger charge is 2.29. The largest absolute Gasteiger partial charge is 0.480 e. The molecule has 0 fully saturated rings. The van der Waals surface area contributed by atoms with Gasteiger partial charge in [0.05, 0.1) is 11.4 Å². The van der Waals surface area contributed by atoms with E-state index < -0.39 is 12.0 Å². The maximum atomic E-state index is 12.4. The fraction of sp³-hybridized carbons (Fsp3) is 0.467. The summed E-state index contributed by atoms with van der Waals surface area (Å²) in [4.78, 5) is 27.3. The van der Waals surface area contributed by atoms with Crippen LogP contribution in [0.1, 0.15) is 13.8 Å². The lowest BCUT2D eigenvalue weighted by atomic mass is 10.1. The lowest BCUT2D eigenvalue weighted by Crippen LogP contribution is -2.53. The van der Waals surface area contributed by atoms with Gasteiger partial charge < -0.3 is 15.3 Å². The molecule has 2 N–H and O–H groups in total. The van der Waals surface area contributed by atoms with Crippen LogP contribution in [0.5, 0.6) is 0 Å². The van der Waals surface area contributed by atoms with Crippen molar-refractivity contribution < 1.29 is 14.7 Å². The number of fused-ring (bicyclic) bond motifs is 1. The molecule has 0 saturated heterocycles. The topological polar surface area (TPSA) is 72.9 Å². The van der Waals surface area contributed by atoms with Crippen molar-refractivity contribution in [2.45, 2.75) is 19.9 Å². The highest BCUT2D eigenvalue weighted by atomic mass is 16.4. The predicted molar refractivity (Wildman–Crippen MR) is 81.9 cm³/mol. The monoisotopic (exact) mass is 291 g/mol. The average Bonchev–Trinajstić information content (AvgIpc) is 2.44. The van der Waals surface area contributed by atoms with Gasteiger partial charge in [-0.15, -0.1) is 0 Å². The number of hydrogen-bond acceptors (Lipinski definition) is 3. The number of hydrogen-bond donors (Lipinski definition) is 2. The van der Waals surface area contributed by atoms with Gasteiger partial charge in [0.15, 0.2) is 0 Å². The zero-order chi connectivity index (χ0) is 15.6. The molecule has 0 bridgehead atoms. The van der Waals surface area contributed by atoms with E-state index in [0.717, 1.165) is 11.4 Å². The minimum absolute atomic E-state index is 0.172. The Morgan fingerprint density at radius 3 is 2.38 bits per heavy atom. The summed E-state index contributed by atoms with van der Waals surface area (Å²) < 4.78 is 0. The Labute approximate surface area is 124 Å². The first-order chi connectivity index (χ1) is 9.91. The molecule has 6 nitrogen and oxygen atoms in total. The third-order valence-corrected chi connectivity index (χ3v) is 3.70. The number of rotatable bonds is 3. The fourth-order valence-electron chi connectivity index (χ4n) is 2.44. The Kier molecular flexibility index (Phi) is 4.35. The van der Waals surface area contributed by atoms with E-state index in [-0.39, 0.29) is 11.9 Å². The standard InChI is InChI=1S/C15H21N3O3/c1-10(2)13(14(19)20)16-15(21)18-9-8-17(3)11-6-4-5-7-12(11)18/h4-7,10,13H,8-9H2,1-3H3,(H,16,21)(H,19,20)/t13-/m0/s1. The summed E-state index contributed by atoms with van der Waals surface area (Å²) in [6.45, 7) is 4.79. The number of anilines is 2. The van der Waals surface area contributed by atoms with Gasteiger partial charge in [0, 0.05) is 20.1 Å². The summed E-state index contributed by atoms with van der Waals surface area (Å²) >= 11 is 0. The summed E-state index contributed by atoms with van der Waals surface area (Å²) in [5.74, 6) is -1.19. The van der Waals surface area contributed by atoms with Crippen molar-refractivity contribution in [2.75, 3.05) is 29.9 Å². The maximum absolute atomic E-state index is 12.4. The smallest absolute Gasteiger partial charge is 0.326 e. The van der Waals surface area contributed by atoms with Crippen LogP contribution < -0.4 is 15.1 Å². The quantitative estimate of drug-likeness (QED) is 0.890. The molecule has 0 aromatic heterocycles. The Morgan fingerprint density at radius 2 is 1.81 bits per heavy atom. The van der Waals surface area contributed by atoms with Crippen LogP contribution >= 0.6 is 0 Å². The molecule has 1 heterocycles. The number of urea groups is 1. The summed E-state index contributed by atoms with van der Waals surface area (Å²) in [6.07, 6.45) is 0. The first-order valence-corrected chi connectivity index (χ1v) is 7.03. The molecular formula is C15H21N3O3. The third kappa shape index (κ3) is 3.09.